The van der Waals surface area contributed by atoms with Crippen molar-refractivity contribution in [2.45, 2.75) is 51.4 Å². The molecule has 1 aliphatic carbocycles. The number of hydrogen-bond acceptors (Lipinski definition) is 5. The maximum Gasteiger partial charge on any atom is 0.242 e. The first-order chi connectivity index (χ1) is 7.25. The number of nitrogens with zero attached hydrogens (tertiary/aromatic N) is 2. The highest BCUT2D eigenvalue weighted by Crippen LogP contribution is 2.20. The molecule has 2 N–H and O–H groups in total. The van der Waals surface area contributed by atoms with Gasteiger partial charge in [0.05, 0.1) is 6.10 Å². The van der Waals surface area contributed by atoms with Crippen molar-refractivity contribution >= 4 is 0 Å². The molecule has 1 aromatic rings. The molecule has 0 spiro atoms. The highest BCUT2D eigenvalue weighted by atomic mass is 16.5. The fraction of sp³-hybridized carbons (Fsp3) is 0.800. The SMILES string of the molecule is Cc1nnc(COC2CCCCC2N)o1. The largest absolute Gasteiger partial charge is 0.423 e. The lowest BCUT2D eigenvalue weighted by atomic mass is 9.93. The average molecular weight is 211 g/mol. The molecular formula is C10H17N3O2. The number of ether oxygens (including phenoxy) is 1. The van der Waals surface area contributed by atoms with E-state index >= 15 is 0 Å². The summed E-state index contributed by atoms with van der Waals surface area (Å²) in [6.45, 7) is 2.14. The van der Waals surface area contributed by atoms with E-state index in [9.17, 15) is 0 Å². The van der Waals surface area contributed by atoms with E-state index < -0.39 is 0 Å². The zero-order valence-corrected chi connectivity index (χ0v) is 8.98. The van der Waals surface area contributed by atoms with Gasteiger partial charge in [0, 0.05) is 13.0 Å². The zero-order chi connectivity index (χ0) is 10.7. The Bertz CT molecular complexity index is 313. The van der Waals surface area contributed by atoms with Crippen LogP contribution in [0, 0.1) is 6.92 Å². The molecule has 1 fully saturated rings. The quantitative estimate of drug-likeness (QED) is 0.812. The molecule has 84 valence electrons. The molecule has 1 saturated carbocycles. The first-order valence-corrected chi connectivity index (χ1v) is 5.42. The number of aromatic nitrogens is 2. The summed E-state index contributed by atoms with van der Waals surface area (Å²) in [6.07, 6.45) is 4.63. The highest BCUT2D eigenvalue weighted by molar-refractivity contribution is 4.81. The van der Waals surface area contributed by atoms with Crippen molar-refractivity contribution in [1.29, 1.82) is 0 Å². The van der Waals surface area contributed by atoms with Gasteiger partial charge in [0.15, 0.2) is 0 Å². The number of nitrogens with two attached hydrogens (primary N) is 1. The van der Waals surface area contributed by atoms with E-state index in [4.69, 9.17) is 14.9 Å². The normalized spacial score (nSPS) is 26.8. The second-order valence-corrected chi connectivity index (χ2v) is 4.01. The summed E-state index contributed by atoms with van der Waals surface area (Å²) in [5, 5.41) is 7.61. The molecule has 1 heterocycles. The zero-order valence-electron chi connectivity index (χ0n) is 8.98. The van der Waals surface area contributed by atoms with Gasteiger partial charge in [0.2, 0.25) is 11.8 Å². The number of aryl methyl sites for hydroxylation is 1. The maximum atomic E-state index is 5.96. The highest BCUT2D eigenvalue weighted by Gasteiger charge is 2.22. The summed E-state index contributed by atoms with van der Waals surface area (Å²) in [4.78, 5) is 0. The van der Waals surface area contributed by atoms with Gasteiger partial charge in [-0.2, -0.15) is 0 Å². The molecule has 2 atom stereocenters. The van der Waals surface area contributed by atoms with Crippen LogP contribution in [0.4, 0.5) is 0 Å². The summed E-state index contributed by atoms with van der Waals surface area (Å²) < 4.78 is 10.9. The Labute approximate surface area is 89.0 Å². The van der Waals surface area contributed by atoms with Crippen molar-refractivity contribution in [2.75, 3.05) is 0 Å². The molecule has 0 aromatic carbocycles. The van der Waals surface area contributed by atoms with Crippen LogP contribution in [0.3, 0.4) is 0 Å². The molecule has 2 rings (SSSR count). The van der Waals surface area contributed by atoms with Crippen LogP contribution in [0.2, 0.25) is 0 Å². The van der Waals surface area contributed by atoms with E-state index in [1.165, 1.54) is 12.8 Å². The monoisotopic (exact) mass is 211 g/mol. The number of rotatable bonds is 3. The third kappa shape index (κ3) is 2.76. The molecule has 0 aliphatic heterocycles. The first kappa shape index (κ1) is 10.6. The molecule has 1 aliphatic rings. The van der Waals surface area contributed by atoms with Crippen LogP contribution >= 0.6 is 0 Å². The Kier molecular flexibility index (Phi) is 3.33. The molecule has 2 unspecified atom stereocenters. The van der Waals surface area contributed by atoms with Crippen molar-refractivity contribution in [2.24, 2.45) is 5.73 Å². The number of hydrogen-bond donors (Lipinski definition) is 1. The summed E-state index contributed by atoms with van der Waals surface area (Å²) >= 11 is 0. The second-order valence-electron chi connectivity index (χ2n) is 4.01. The molecule has 0 amide bonds. The van der Waals surface area contributed by atoms with Crippen molar-refractivity contribution < 1.29 is 9.15 Å². The van der Waals surface area contributed by atoms with Crippen LogP contribution in [0.25, 0.3) is 0 Å². The predicted molar refractivity (Wildman–Crippen MR) is 54.1 cm³/mol. The van der Waals surface area contributed by atoms with E-state index in [2.05, 4.69) is 10.2 Å². The van der Waals surface area contributed by atoms with Crippen molar-refractivity contribution in [3.63, 3.8) is 0 Å². The average Bonchev–Trinajstić information content (AvgIpc) is 2.63. The van der Waals surface area contributed by atoms with Gasteiger partial charge in [-0.05, 0) is 12.8 Å². The molecule has 15 heavy (non-hydrogen) atoms. The van der Waals surface area contributed by atoms with Gasteiger partial charge in [-0.3, -0.25) is 0 Å². The minimum atomic E-state index is 0.144. The molecule has 0 radical (unpaired) electrons. The standard InChI is InChI=1S/C10H17N3O2/c1-7-12-13-10(15-7)6-14-9-5-3-2-4-8(9)11/h8-9H,2-6,11H2,1H3. The van der Waals surface area contributed by atoms with Gasteiger partial charge in [-0.15, -0.1) is 10.2 Å². The minimum Gasteiger partial charge on any atom is -0.423 e. The van der Waals surface area contributed by atoms with E-state index in [1.54, 1.807) is 6.92 Å². The summed E-state index contributed by atoms with van der Waals surface area (Å²) in [5.41, 5.74) is 5.96. The lowest BCUT2D eigenvalue weighted by Crippen LogP contribution is -2.39. The van der Waals surface area contributed by atoms with Crippen LogP contribution in [0.15, 0.2) is 4.42 Å². The maximum absolute atomic E-state index is 5.96. The van der Waals surface area contributed by atoms with Crippen LogP contribution in [0.1, 0.15) is 37.5 Å². The Morgan fingerprint density at radius 1 is 1.40 bits per heavy atom. The van der Waals surface area contributed by atoms with Gasteiger partial charge in [0.1, 0.15) is 6.61 Å². The van der Waals surface area contributed by atoms with Crippen LogP contribution < -0.4 is 5.73 Å². The Balaban J connectivity index is 1.81. The summed E-state index contributed by atoms with van der Waals surface area (Å²) in [7, 11) is 0. The Hall–Kier alpha value is -0.940. The van der Waals surface area contributed by atoms with E-state index in [0.717, 1.165) is 12.8 Å². The fourth-order valence-corrected chi connectivity index (χ4v) is 1.91. The third-order valence-corrected chi connectivity index (χ3v) is 2.74. The Morgan fingerprint density at radius 2 is 2.20 bits per heavy atom. The van der Waals surface area contributed by atoms with Crippen LogP contribution in [-0.2, 0) is 11.3 Å². The molecule has 0 bridgehead atoms. The minimum absolute atomic E-state index is 0.144. The van der Waals surface area contributed by atoms with Crippen molar-refractivity contribution in [1.82, 2.24) is 10.2 Å². The van der Waals surface area contributed by atoms with E-state index in [1.807, 2.05) is 0 Å². The van der Waals surface area contributed by atoms with Crippen LogP contribution in [0.5, 0.6) is 0 Å². The summed E-state index contributed by atoms with van der Waals surface area (Å²) in [5.74, 6) is 1.10. The van der Waals surface area contributed by atoms with Gasteiger partial charge in [-0.25, -0.2) is 0 Å². The van der Waals surface area contributed by atoms with Gasteiger partial charge < -0.3 is 14.9 Å². The molecular weight excluding hydrogens is 194 g/mol. The predicted octanol–water partition coefficient (Wildman–Crippen LogP) is 1.16. The summed E-state index contributed by atoms with van der Waals surface area (Å²) in [6, 6.07) is 0.155. The van der Waals surface area contributed by atoms with Crippen molar-refractivity contribution in [3.05, 3.63) is 11.8 Å². The molecule has 0 saturated heterocycles. The van der Waals surface area contributed by atoms with E-state index in [-0.39, 0.29) is 12.1 Å². The third-order valence-electron chi connectivity index (χ3n) is 2.74. The molecule has 1 aromatic heterocycles. The lowest BCUT2D eigenvalue weighted by molar-refractivity contribution is -0.00553. The Morgan fingerprint density at radius 3 is 2.87 bits per heavy atom. The lowest BCUT2D eigenvalue weighted by Gasteiger charge is -2.27. The smallest absolute Gasteiger partial charge is 0.242 e. The van der Waals surface area contributed by atoms with Gasteiger partial charge >= 0.3 is 0 Å². The first-order valence-electron chi connectivity index (χ1n) is 5.42. The molecule has 5 heteroatoms. The molecule has 5 nitrogen and oxygen atoms in total. The second kappa shape index (κ2) is 4.72. The van der Waals surface area contributed by atoms with E-state index in [0.29, 0.717) is 18.4 Å². The topological polar surface area (TPSA) is 74.2 Å². The van der Waals surface area contributed by atoms with Crippen LogP contribution in [-0.4, -0.2) is 22.3 Å². The van der Waals surface area contributed by atoms with Gasteiger partial charge in [-0.1, -0.05) is 12.8 Å². The fourth-order valence-electron chi connectivity index (χ4n) is 1.91. The van der Waals surface area contributed by atoms with Gasteiger partial charge in [0.25, 0.3) is 0 Å². The van der Waals surface area contributed by atoms with Crippen molar-refractivity contribution in [3.8, 4) is 0 Å².